The summed E-state index contributed by atoms with van der Waals surface area (Å²) in [6.45, 7) is 2.05. The van der Waals surface area contributed by atoms with Crippen LogP contribution in [-0.2, 0) is 4.79 Å². The third-order valence-electron chi connectivity index (χ3n) is 3.21. The van der Waals surface area contributed by atoms with Crippen LogP contribution in [0.3, 0.4) is 0 Å². The van der Waals surface area contributed by atoms with Crippen molar-refractivity contribution in [1.29, 1.82) is 0 Å². The molecule has 1 aromatic carbocycles. The first kappa shape index (κ1) is 16.4. The van der Waals surface area contributed by atoms with Crippen LogP contribution in [0.1, 0.15) is 34.3 Å². The van der Waals surface area contributed by atoms with Crippen molar-refractivity contribution in [2.24, 2.45) is 0 Å². The molecular formula is C17H20N2O2S. The molecule has 1 atom stereocenters. The van der Waals surface area contributed by atoms with E-state index in [0.29, 0.717) is 12.8 Å². The first-order valence-corrected chi connectivity index (χ1v) is 8.07. The Morgan fingerprint density at radius 3 is 2.82 bits per heavy atom. The van der Waals surface area contributed by atoms with E-state index in [9.17, 15) is 4.79 Å². The van der Waals surface area contributed by atoms with E-state index in [-0.39, 0.29) is 18.6 Å². The van der Waals surface area contributed by atoms with Crippen LogP contribution in [0.2, 0.25) is 0 Å². The van der Waals surface area contributed by atoms with Gasteiger partial charge in [-0.25, -0.2) is 4.98 Å². The van der Waals surface area contributed by atoms with Crippen LogP contribution in [0.4, 0.5) is 0 Å². The minimum absolute atomic E-state index is 0.0892. The number of rotatable bonds is 7. The normalized spacial score (nSPS) is 12.5. The van der Waals surface area contributed by atoms with Gasteiger partial charge >= 0.3 is 0 Å². The fourth-order valence-electron chi connectivity index (χ4n) is 2.14. The number of carbonyl (C=O) groups is 1. The summed E-state index contributed by atoms with van der Waals surface area (Å²) in [4.78, 5) is 17.2. The highest BCUT2D eigenvalue weighted by Crippen LogP contribution is 2.18. The Kier molecular flexibility index (Phi) is 6.30. The molecule has 1 heterocycles. The summed E-state index contributed by atoms with van der Waals surface area (Å²) in [5.41, 5.74) is 1.05. The number of hydrogen-bond donors (Lipinski definition) is 2. The molecule has 2 aromatic rings. The molecule has 116 valence electrons. The summed E-state index contributed by atoms with van der Waals surface area (Å²) in [5.74, 6) is -0.141. The minimum Gasteiger partial charge on any atom is -0.396 e. The van der Waals surface area contributed by atoms with Crippen molar-refractivity contribution >= 4 is 23.3 Å². The highest BCUT2D eigenvalue weighted by atomic mass is 32.1. The number of aliphatic hydroxyl groups excluding tert-OH is 1. The van der Waals surface area contributed by atoms with E-state index in [1.165, 1.54) is 6.08 Å². The van der Waals surface area contributed by atoms with Crippen LogP contribution in [0, 0.1) is 6.92 Å². The van der Waals surface area contributed by atoms with Gasteiger partial charge in [-0.15, -0.1) is 11.3 Å². The molecule has 5 heteroatoms. The lowest BCUT2D eigenvalue weighted by atomic mass is 10.0. The van der Waals surface area contributed by atoms with Crippen molar-refractivity contribution in [3.63, 3.8) is 0 Å². The molecule has 4 nitrogen and oxygen atoms in total. The van der Waals surface area contributed by atoms with Gasteiger partial charge in [0.15, 0.2) is 0 Å². The average molecular weight is 316 g/mol. The number of carbonyl (C=O) groups excluding carboxylic acids is 1. The highest BCUT2D eigenvalue weighted by molar-refractivity contribution is 7.12. The predicted octanol–water partition coefficient (Wildman–Crippen LogP) is 3.09. The van der Waals surface area contributed by atoms with E-state index < -0.39 is 0 Å². The van der Waals surface area contributed by atoms with Crippen LogP contribution in [0.25, 0.3) is 6.08 Å². The highest BCUT2D eigenvalue weighted by Gasteiger charge is 2.12. The smallest absolute Gasteiger partial charge is 0.244 e. The number of nitrogens with one attached hydrogen (secondary N) is 1. The van der Waals surface area contributed by atoms with Gasteiger partial charge in [-0.3, -0.25) is 4.79 Å². The van der Waals surface area contributed by atoms with Gasteiger partial charge in [0.05, 0.1) is 11.0 Å². The lowest BCUT2D eigenvalue weighted by Crippen LogP contribution is -2.27. The summed E-state index contributed by atoms with van der Waals surface area (Å²) in [6.07, 6.45) is 6.41. The molecule has 0 fully saturated rings. The fraction of sp³-hybridized carbons (Fsp3) is 0.294. The molecule has 0 saturated heterocycles. The summed E-state index contributed by atoms with van der Waals surface area (Å²) < 4.78 is 0. The number of benzene rings is 1. The third kappa shape index (κ3) is 5.09. The second-order valence-electron chi connectivity index (χ2n) is 4.95. The molecule has 0 bridgehead atoms. The number of aliphatic hydroxyl groups is 1. The third-order valence-corrected chi connectivity index (χ3v) is 4.09. The van der Waals surface area contributed by atoms with Crippen molar-refractivity contribution in [3.8, 4) is 0 Å². The predicted molar refractivity (Wildman–Crippen MR) is 89.5 cm³/mol. The second-order valence-corrected chi connectivity index (χ2v) is 6.22. The Morgan fingerprint density at radius 1 is 1.41 bits per heavy atom. The summed E-state index contributed by atoms with van der Waals surface area (Å²) in [7, 11) is 0. The maximum atomic E-state index is 12.1. The van der Waals surface area contributed by atoms with Gasteiger partial charge < -0.3 is 10.4 Å². The quantitative estimate of drug-likeness (QED) is 0.772. The molecule has 0 saturated carbocycles. The van der Waals surface area contributed by atoms with Crippen LogP contribution in [0.15, 0.2) is 42.6 Å². The standard InChI is InChI=1S/C17H20N2O2S/c1-13-18-12-15(22-13)9-10-17(21)19-16(8-5-11-20)14-6-3-2-4-7-14/h2-4,6-7,9-10,12,16,20H,5,8,11H2,1H3,(H,19,21)/b10-9+. The largest absolute Gasteiger partial charge is 0.396 e. The van der Waals surface area contributed by atoms with Gasteiger partial charge in [-0.1, -0.05) is 30.3 Å². The number of aryl methyl sites for hydroxylation is 1. The van der Waals surface area contributed by atoms with Gasteiger partial charge in [-0.05, 0) is 31.4 Å². The van der Waals surface area contributed by atoms with Gasteiger partial charge in [0.1, 0.15) is 0 Å². The maximum absolute atomic E-state index is 12.1. The van der Waals surface area contributed by atoms with Crippen molar-refractivity contribution in [1.82, 2.24) is 10.3 Å². The van der Waals surface area contributed by atoms with E-state index in [2.05, 4.69) is 10.3 Å². The lowest BCUT2D eigenvalue weighted by molar-refractivity contribution is -0.117. The Hall–Kier alpha value is -1.98. The van der Waals surface area contributed by atoms with Crippen LogP contribution in [-0.4, -0.2) is 22.6 Å². The molecule has 0 aliphatic rings. The van der Waals surface area contributed by atoms with E-state index in [1.807, 2.05) is 37.3 Å². The molecule has 0 aliphatic carbocycles. The molecule has 0 spiro atoms. The first-order chi connectivity index (χ1) is 10.7. The molecular weight excluding hydrogens is 296 g/mol. The molecule has 2 N–H and O–H groups in total. The van der Waals surface area contributed by atoms with Gasteiger partial charge in [0.2, 0.25) is 5.91 Å². The molecule has 0 radical (unpaired) electrons. The molecule has 0 aliphatic heterocycles. The maximum Gasteiger partial charge on any atom is 0.244 e. The number of amides is 1. The average Bonchev–Trinajstić information content (AvgIpc) is 2.96. The van der Waals surface area contributed by atoms with E-state index in [1.54, 1.807) is 23.6 Å². The SMILES string of the molecule is Cc1ncc(/C=C/C(=O)NC(CCCO)c2ccccc2)s1. The zero-order chi connectivity index (χ0) is 15.8. The zero-order valence-electron chi connectivity index (χ0n) is 12.5. The molecule has 22 heavy (non-hydrogen) atoms. The summed E-state index contributed by atoms with van der Waals surface area (Å²) in [5, 5.41) is 13.0. The Balaban J connectivity index is 2.00. The Labute approximate surface area is 134 Å². The topological polar surface area (TPSA) is 62.2 Å². The van der Waals surface area contributed by atoms with Crippen molar-refractivity contribution < 1.29 is 9.90 Å². The molecule has 1 amide bonds. The lowest BCUT2D eigenvalue weighted by Gasteiger charge is -2.17. The number of aromatic nitrogens is 1. The number of hydrogen-bond acceptors (Lipinski definition) is 4. The van der Waals surface area contributed by atoms with Crippen molar-refractivity contribution in [3.05, 3.63) is 58.1 Å². The fourth-order valence-corrected chi connectivity index (χ4v) is 2.82. The Morgan fingerprint density at radius 2 is 2.18 bits per heavy atom. The van der Waals surface area contributed by atoms with Crippen molar-refractivity contribution in [2.45, 2.75) is 25.8 Å². The van der Waals surface area contributed by atoms with E-state index in [4.69, 9.17) is 5.11 Å². The number of thiazole rings is 1. The molecule has 1 unspecified atom stereocenters. The summed E-state index contributed by atoms with van der Waals surface area (Å²) >= 11 is 1.55. The van der Waals surface area contributed by atoms with Crippen molar-refractivity contribution in [2.75, 3.05) is 6.61 Å². The van der Waals surface area contributed by atoms with Crippen LogP contribution >= 0.6 is 11.3 Å². The van der Waals surface area contributed by atoms with E-state index in [0.717, 1.165) is 15.4 Å². The van der Waals surface area contributed by atoms with Gasteiger partial charge in [-0.2, -0.15) is 0 Å². The monoisotopic (exact) mass is 316 g/mol. The molecule has 1 aromatic heterocycles. The van der Waals surface area contributed by atoms with E-state index >= 15 is 0 Å². The van der Waals surface area contributed by atoms with Gasteiger partial charge in [0.25, 0.3) is 0 Å². The van der Waals surface area contributed by atoms with Crippen LogP contribution in [0.5, 0.6) is 0 Å². The van der Waals surface area contributed by atoms with Gasteiger partial charge in [0, 0.05) is 23.8 Å². The molecule has 2 rings (SSSR count). The summed E-state index contributed by atoms with van der Waals surface area (Å²) in [6, 6.07) is 9.72. The Bertz CT molecular complexity index is 623. The first-order valence-electron chi connectivity index (χ1n) is 7.26. The number of nitrogens with zero attached hydrogens (tertiary/aromatic N) is 1. The minimum atomic E-state index is -0.141. The van der Waals surface area contributed by atoms with Crippen LogP contribution < -0.4 is 5.32 Å². The second kappa shape index (κ2) is 8.46. The zero-order valence-corrected chi connectivity index (χ0v) is 13.3.